The molecule has 2 aliphatic rings. The Morgan fingerprint density at radius 1 is 1.11 bits per heavy atom. The van der Waals surface area contributed by atoms with Crippen molar-refractivity contribution in [3.63, 3.8) is 0 Å². The Morgan fingerprint density at radius 2 is 1.89 bits per heavy atom. The molecular formula is C27H37N3O4S. The van der Waals surface area contributed by atoms with E-state index in [9.17, 15) is 13.2 Å². The molecule has 1 amide bonds. The molecule has 8 heteroatoms. The number of piperidine rings is 1. The Balaban J connectivity index is 1.28. The fourth-order valence-corrected chi connectivity index (χ4v) is 6.72. The first-order chi connectivity index (χ1) is 16.9. The minimum absolute atomic E-state index is 0.0359. The summed E-state index contributed by atoms with van der Waals surface area (Å²) >= 11 is 0. The van der Waals surface area contributed by atoms with Crippen LogP contribution in [0.3, 0.4) is 0 Å². The van der Waals surface area contributed by atoms with E-state index >= 15 is 0 Å². The van der Waals surface area contributed by atoms with E-state index in [0.717, 1.165) is 44.2 Å². The van der Waals surface area contributed by atoms with Crippen LogP contribution in [0.1, 0.15) is 50.2 Å². The van der Waals surface area contributed by atoms with Gasteiger partial charge < -0.3 is 15.0 Å². The summed E-state index contributed by atoms with van der Waals surface area (Å²) in [6.07, 6.45) is 5.51. The first-order valence-electron chi connectivity index (χ1n) is 12.7. The largest absolute Gasteiger partial charge is 0.496 e. The van der Waals surface area contributed by atoms with Crippen molar-refractivity contribution in [1.29, 1.82) is 0 Å². The van der Waals surface area contributed by atoms with Crippen molar-refractivity contribution >= 4 is 21.6 Å². The average Bonchev–Trinajstić information content (AvgIpc) is 3.20. The number of carbonyl (C=O) groups is 1. The third kappa shape index (κ3) is 5.98. The fourth-order valence-electron chi connectivity index (χ4n) is 5.15. The molecule has 2 aliphatic heterocycles. The van der Waals surface area contributed by atoms with E-state index in [0.29, 0.717) is 37.8 Å². The second-order valence-corrected chi connectivity index (χ2v) is 11.5. The van der Waals surface area contributed by atoms with Gasteiger partial charge >= 0.3 is 0 Å². The van der Waals surface area contributed by atoms with Crippen LogP contribution in [0.25, 0.3) is 0 Å². The van der Waals surface area contributed by atoms with Gasteiger partial charge in [-0.1, -0.05) is 24.6 Å². The van der Waals surface area contributed by atoms with Crippen molar-refractivity contribution in [2.24, 2.45) is 0 Å². The van der Waals surface area contributed by atoms with Crippen molar-refractivity contribution in [2.45, 2.75) is 62.8 Å². The summed E-state index contributed by atoms with van der Waals surface area (Å²) in [7, 11) is -1.96. The van der Waals surface area contributed by atoms with Gasteiger partial charge in [-0.05, 0) is 74.4 Å². The van der Waals surface area contributed by atoms with Gasteiger partial charge in [0.05, 0.1) is 12.0 Å². The fraction of sp³-hybridized carbons (Fsp3) is 0.519. The van der Waals surface area contributed by atoms with Crippen LogP contribution in [-0.2, 0) is 27.7 Å². The predicted octanol–water partition coefficient (Wildman–Crippen LogP) is 3.76. The van der Waals surface area contributed by atoms with Crippen molar-refractivity contribution < 1.29 is 17.9 Å². The molecule has 0 spiro atoms. The zero-order chi connectivity index (χ0) is 24.8. The topological polar surface area (TPSA) is 79.0 Å². The zero-order valence-corrected chi connectivity index (χ0v) is 21.6. The third-order valence-electron chi connectivity index (χ3n) is 7.07. The number of nitrogens with one attached hydrogen (secondary N) is 1. The highest BCUT2D eigenvalue weighted by molar-refractivity contribution is 7.89. The number of carbonyl (C=O) groups excluding carboxylic acids is 1. The van der Waals surface area contributed by atoms with E-state index in [-0.39, 0.29) is 17.2 Å². The number of fused-ring (bicyclic) bond motifs is 1. The van der Waals surface area contributed by atoms with Gasteiger partial charge in [0.1, 0.15) is 5.75 Å². The number of benzene rings is 2. The maximum absolute atomic E-state index is 13.1. The van der Waals surface area contributed by atoms with E-state index in [1.165, 1.54) is 11.3 Å². The summed E-state index contributed by atoms with van der Waals surface area (Å²) in [6, 6.07) is 14.0. The number of sulfonamides is 1. The van der Waals surface area contributed by atoms with Crippen LogP contribution in [0.5, 0.6) is 5.75 Å². The van der Waals surface area contributed by atoms with Gasteiger partial charge in [-0.3, -0.25) is 4.79 Å². The van der Waals surface area contributed by atoms with Crippen LogP contribution < -0.4 is 15.0 Å². The number of anilines is 1. The van der Waals surface area contributed by atoms with E-state index < -0.39 is 10.0 Å². The van der Waals surface area contributed by atoms with E-state index in [1.807, 2.05) is 0 Å². The second kappa shape index (κ2) is 11.4. The first-order valence-corrected chi connectivity index (χ1v) is 14.1. The van der Waals surface area contributed by atoms with Crippen molar-refractivity contribution in [3.05, 3.63) is 53.6 Å². The number of nitrogens with zero attached hydrogens (tertiary/aromatic N) is 2. The Morgan fingerprint density at radius 3 is 2.66 bits per heavy atom. The lowest BCUT2D eigenvalue weighted by Gasteiger charge is -2.26. The lowest BCUT2D eigenvalue weighted by atomic mass is 10.1. The second-order valence-electron chi connectivity index (χ2n) is 9.52. The summed E-state index contributed by atoms with van der Waals surface area (Å²) in [4.78, 5) is 15.2. The van der Waals surface area contributed by atoms with Crippen molar-refractivity contribution in [1.82, 2.24) is 9.62 Å². The molecule has 0 saturated carbocycles. The smallest absolute Gasteiger partial charge is 0.243 e. The van der Waals surface area contributed by atoms with Gasteiger partial charge in [-0.25, -0.2) is 8.42 Å². The number of para-hydroxylation sites is 1. The van der Waals surface area contributed by atoms with Gasteiger partial charge in [0.2, 0.25) is 15.9 Å². The molecule has 0 radical (unpaired) electrons. The highest BCUT2D eigenvalue weighted by Crippen LogP contribution is 2.31. The Labute approximate surface area is 209 Å². The van der Waals surface area contributed by atoms with Crippen LogP contribution in [0.15, 0.2) is 47.4 Å². The molecule has 1 N–H and O–H groups in total. The number of rotatable bonds is 10. The molecule has 2 aromatic rings. The maximum Gasteiger partial charge on any atom is 0.243 e. The first kappa shape index (κ1) is 25.5. The number of methoxy groups -OCH3 is 1. The molecule has 1 fully saturated rings. The van der Waals surface area contributed by atoms with Gasteiger partial charge in [0, 0.05) is 44.3 Å². The molecule has 0 unspecified atom stereocenters. The SMILES string of the molecule is COc1ccc(S(=O)(=O)N2CCCCC2)cc1CCC(=O)NCCCN1c2ccccc2C[C@H]1C. The summed E-state index contributed by atoms with van der Waals surface area (Å²) in [5.74, 6) is 0.572. The standard InChI is InChI=1S/C27H37N3O4S/c1-21-19-22-9-4-5-10-25(22)30(21)18-8-15-28-27(31)14-11-23-20-24(12-13-26(23)34-2)35(32,33)29-16-6-3-7-17-29/h4-5,9-10,12-13,20-21H,3,6-8,11,14-19H2,1-2H3,(H,28,31)/t21-/m1/s1. The molecule has 4 rings (SSSR count). The quantitative estimate of drug-likeness (QED) is 0.504. The van der Waals surface area contributed by atoms with Gasteiger partial charge in [-0.15, -0.1) is 0 Å². The average molecular weight is 500 g/mol. The highest BCUT2D eigenvalue weighted by atomic mass is 32.2. The van der Waals surface area contributed by atoms with E-state index in [4.69, 9.17) is 4.74 Å². The molecular weight excluding hydrogens is 462 g/mol. The molecule has 35 heavy (non-hydrogen) atoms. The van der Waals surface area contributed by atoms with Gasteiger partial charge in [0.25, 0.3) is 0 Å². The number of ether oxygens (including phenoxy) is 1. The minimum atomic E-state index is -3.53. The summed E-state index contributed by atoms with van der Waals surface area (Å²) in [5.41, 5.74) is 3.43. The molecule has 7 nitrogen and oxygen atoms in total. The van der Waals surface area contributed by atoms with Gasteiger partial charge in [0.15, 0.2) is 0 Å². The molecule has 1 atom stereocenters. The third-order valence-corrected chi connectivity index (χ3v) is 8.97. The van der Waals surface area contributed by atoms with Crippen molar-refractivity contribution in [3.8, 4) is 5.75 Å². The molecule has 0 bridgehead atoms. The molecule has 0 aromatic heterocycles. The minimum Gasteiger partial charge on any atom is -0.496 e. The van der Waals surface area contributed by atoms with Crippen LogP contribution in [0.2, 0.25) is 0 Å². The number of aryl methyl sites for hydroxylation is 1. The monoisotopic (exact) mass is 499 g/mol. The number of hydrogen-bond acceptors (Lipinski definition) is 5. The molecule has 0 aliphatic carbocycles. The Kier molecular flexibility index (Phi) is 8.34. The van der Waals surface area contributed by atoms with E-state index in [1.54, 1.807) is 29.6 Å². The maximum atomic E-state index is 13.1. The normalized spacial score (nSPS) is 18.3. The summed E-state index contributed by atoms with van der Waals surface area (Å²) in [5, 5.41) is 3.02. The van der Waals surface area contributed by atoms with Crippen molar-refractivity contribution in [2.75, 3.05) is 38.2 Å². The molecule has 2 heterocycles. The zero-order valence-electron chi connectivity index (χ0n) is 20.8. The van der Waals surface area contributed by atoms with Crippen LogP contribution >= 0.6 is 0 Å². The molecule has 190 valence electrons. The van der Waals surface area contributed by atoms with Crippen LogP contribution in [0, 0.1) is 0 Å². The molecule has 1 saturated heterocycles. The molecule has 2 aromatic carbocycles. The number of hydrogen-bond donors (Lipinski definition) is 1. The Bertz CT molecular complexity index is 1130. The summed E-state index contributed by atoms with van der Waals surface area (Å²) in [6.45, 7) is 4.89. The van der Waals surface area contributed by atoms with Crippen LogP contribution in [-0.4, -0.2) is 58.0 Å². The summed E-state index contributed by atoms with van der Waals surface area (Å²) < 4.78 is 33.1. The lowest BCUT2D eigenvalue weighted by Crippen LogP contribution is -2.35. The Hall–Kier alpha value is -2.58. The van der Waals surface area contributed by atoms with Crippen LogP contribution in [0.4, 0.5) is 5.69 Å². The lowest BCUT2D eigenvalue weighted by molar-refractivity contribution is -0.121. The van der Waals surface area contributed by atoms with Gasteiger partial charge in [-0.2, -0.15) is 4.31 Å². The van der Waals surface area contributed by atoms with E-state index in [2.05, 4.69) is 41.4 Å². The predicted molar refractivity (Wildman–Crippen MR) is 139 cm³/mol. The highest BCUT2D eigenvalue weighted by Gasteiger charge is 2.27. The number of amides is 1.